The molecule has 3 aliphatic carbocycles. The van der Waals surface area contributed by atoms with E-state index in [1.165, 1.54) is 0 Å². The number of aliphatic hydroxyl groups excluding tert-OH is 2. The molecule has 4 rings (SSSR count). The van der Waals surface area contributed by atoms with E-state index in [-0.39, 0.29) is 29.5 Å². The van der Waals surface area contributed by atoms with Gasteiger partial charge in [-0.25, -0.2) is 0 Å². The molecule has 1 aliphatic heterocycles. The Bertz CT molecular complexity index is 578. The highest BCUT2D eigenvalue weighted by Crippen LogP contribution is 2.74. The minimum Gasteiger partial charge on any atom is -0.396 e. The molecular formula is C20H32O4. The number of hydrogen-bond donors (Lipinski definition) is 3. The average Bonchev–Trinajstić information content (AvgIpc) is 3.26. The first-order valence-corrected chi connectivity index (χ1v) is 9.44. The van der Waals surface area contributed by atoms with Crippen LogP contribution in [0.3, 0.4) is 0 Å². The summed E-state index contributed by atoms with van der Waals surface area (Å²) in [6, 6.07) is 0. The lowest BCUT2D eigenvalue weighted by molar-refractivity contribution is -0.264. The molecule has 0 amide bonds. The predicted molar refractivity (Wildman–Crippen MR) is 91.4 cm³/mol. The van der Waals surface area contributed by atoms with E-state index >= 15 is 0 Å². The third-order valence-corrected chi connectivity index (χ3v) is 8.68. The van der Waals surface area contributed by atoms with Gasteiger partial charge in [0.2, 0.25) is 0 Å². The molecule has 3 N–H and O–H groups in total. The maximum atomic E-state index is 12.0. The van der Waals surface area contributed by atoms with Crippen LogP contribution < -0.4 is 0 Å². The van der Waals surface area contributed by atoms with Gasteiger partial charge in [-0.1, -0.05) is 26.8 Å². The minimum absolute atomic E-state index is 0.0237. The molecule has 24 heavy (non-hydrogen) atoms. The molecule has 0 aromatic rings. The molecule has 0 aromatic carbocycles. The molecule has 1 spiro atoms. The van der Waals surface area contributed by atoms with Crippen molar-refractivity contribution in [2.45, 2.75) is 82.7 Å². The average molecular weight is 336 g/mol. The van der Waals surface area contributed by atoms with Gasteiger partial charge >= 0.3 is 0 Å². The van der Waals surface area contributed by atoms with Crippen LogP contribution in [0.5, 0.6) is 0 Å². The molecule has 1 heterocycles. The second-order valence-corrected chi connectivity index (χ2v) is 9.83. The van der Waals surface area contributed by atoms with Crippen LogP contribution in [0.4, 0.5) is 0 Å². The van der Waals surface area contributed by atoms with Crippen LogP contribution >= 0.6 is 0 Å². The molecule has 8 atom stereocenters. The second-order valence-electron chi connectivity index (χ2n) is 9.83. The maximum absolute atomic E-state index is 12.0. The summed E-state index contributed by atoms with van der Waals surface area (Å²) in [6.07, 6.45) is 5.99. The summed E-state index contributed by atoms with van der Waals surface area (Å²) in [6.45, 7) is 10.4. The first kappa shape index (κ1) is 17.0. The Hall–Kier alpha value is -0.420. The Balaban J connectivity index is 1.81. The van der Waals surface area contributed by atoms with Crippen LogP contribution in [0.1, 0.15) is 59.3 Å². The Morgan fingerprint density at radius 1 is 1.21 bits per heavy atom. The number of epoxide rings is 1. The van der Waals surface area contributed by atoms with E-state index in [1.54, 1.807) is 0 Å². The third kappa shape index (κ3) is 1.69. The van der Waals surface area contributed by atoms with Crippen molar-refractivity contribution in [3.05, 3.63) is 12.7 Å². The number of allylic oxidation sites excluding steroid dienone is 1. The van der Waals surface area contributed by atoms with Gasteiger partial charge in [-0.05, 0) is 55.3 Å². The van der Waals surface area contributed by atoms with E-state index in [2.05, 4.69) is 20.4 Å². The summed E-state index contributed by atoms with van der Waals surface area (Å²) in [5.41, 5.74) is -2.51. The van der Waals surface area contributed by atoms with Gasteiger partial charge in [0.15, 0.2) is 0 Å². The Kier molecular flexibility index (Phi) is 3.29. The summed E-state index contributed by atoms with van der Waals surface area (Å²) in [7, 11) is 0. The third-order valence-electron chi connectivity index (χ3n) is 8.68. The van der Waals surface area contributed by atoms with E-state index in [1.807, 2.05) is 13.0 Å². The number of aliphatic hydroxyl groups is 3. The first-order chi connectivity index (χ1) is 11.1. The van der Waals surface area contributed by atoms with Gasteiger partial charge in [0.25, 0.3) is 0 Å². The van der Waals surface area contributed by atoms with E-state index in [0.717, 1.165) is 25.7 Å². The van der Waals surface area contributed by atoms with Gasteiger partial charge in [-0.2, -0.15) is 0 Å². The molecule has 4 heteroatoms. The van der Waals surface area contributed by atoms with Crippen molar-refractivity contribution in [3.63, 3.8) is 0 Å². The van der Waals surface area contributed by atoms with Crippen LogP contribution in [0, 0.1) is 22.2 Å². The number of hydrogen-bond acceptors (Lipinski definition) is 4. The lowest BCUT2D eigenvalue weighted by Crippen LogP contribution is -2.73. The largest absolute Gasteiger partial charge is 0.396 e. The Labute approximate surface area is 144 Å². The molecule has 4 aliphatic rings. The van der Waals surface area contributed by atoms with Crippen LogP contribution in [0.25, 0.3) is 0 Å². The van der Waals surface area contributed by atoms with Crippen molar-refractivity contribution in [2.24, 2.45) is 22.2 Å². The first-order valence-electron chi connectivity index (χ1n) is 9.44. The monoisotopic (exact) mass is 336 g/mol. The van der Waals surface area contributed by atoms with Crippen molar-refractivity contribution in [1.82, 2.24) is 0 Å². The smallest absolute Gasteiger partial charge is 0.125 e. The van der Waals surface area contributed by atoms with Crippen molar-refractivity contribution >= 4 is 0 Å². The summed E-state index contributed by atoms with van der Waals surface area (Å²) in [5, 5.41) is 33.0. The zero-order chi connectivity index (χ0) is 17.6. The van der Waals surface area contributed by atoms with E-state index in [4.69, 9.17) is 4.74 Å². The number of fused-ring (bicyclic) bond motifs is 2. The van der Waals surface area contributed by atoms with Gasteiger partial charge < -0.3 is 20.1 Å². The Morgan fingerprint density at radius 2 is 1.92 bits per heavy atom. The highest BCUT2D eigenvalue weighted by atomic mass is 16.6. The predicted octanol–water partition coefficient (Wildman–Crippen LogP) is 2.41. The summed E-state index contributed by atoms with van der Waals surface area (Å²) < 4.78 is 6.22. The Morgan fingerprint density at radius 3 is 2.54 bits per heavy atom. The molecule has 4 nitrogen and oxygen atoms in total. The fourth-order valence-electron chi connectivity index (χ4n) is 6.78. The molecule has 0 unspecified atom stereocenters. The normalized spacial score (nSPS) is 62.2. The fraction of sp³-hybridized carbons (Fsp3) is 0.900. The van der Waals surface area contributed by atoms with Gasteiger partial charge in [-0.3, -0.25) is 0 Å². The van der Waals surface area contributed by atoms with Gasteiger partial charge in [0, 0.05) is 12.0 Å². The highest BCUT2D eigenvalue weighted by molar-refractivity contribution is 5.32. The van der Waals surface area contributed by atoms with Crippen LogP contribution in [-0.4, -0.2) is 45.3 Å². The SMILES string of the molecule is C=C[C@]1(C)CC[C@]2(O)[C@@]3(C)[C@H](C[C@H]4O[C@]42C1)[C@@](C)(CO)CC[C@@H]3O. The lowest BCUT2D eigenvalue weighted by Gasteiger charge is -2.65. The molecule has 0 aromatic heterocycles. The van der Waals surface area contributed by atoms with Gasteiger partial charge in [-0.15, -0.1) is 6.58 Å². The van der Waals surface area contributed by atoms with Crippen molar-refractivity contribution in [3.8, 4) is 0 Å². The molecule has 1 saturated heterocycles. The zero-order valence-corrected chi connectivity index (χ0v) is 15.2. The van der Waals surface area contributed by atoms with Crippen molar-refractivity contribution in [1.29, 1.82) is 0 Å². The maximum Gasteiger partial charge on any atom is 0.125 e. The van der Waals surface area contributed by atoms with Crippen LogP contribution in [-0.2, 0) is 4.74 Å². The van der Waals surface area contributed by atoms with Crippen molar-refractivity contribution < 1.29 is 20.1 Å². The summed E-state index contributed by atoms with van der Waals surface area (Å²) >= 11 is 0. The van der Waals surface area contributed by atoms with Gasteiger partial charge in [0.1, 0.15) is 11.2 Å². The van der Waals surface area contributed by atoms with Crippen molar-refractivity contribution in [2.75, 3.05) is 6.61 Å². The quantitative estimate of drug-likeness (QED) is 0.535. The summed E-state index contributed by atoms with van der Waals surface area (Å²) in [4.78, 5) is 0. The molecule has 136 valence electrons. The number of ether oxygens (including phenoxy) is 1. The van der Waals surface area contributed by atoms with E-state index in [0.29, 0.717) is 12.8 Å². The van der Waals surface area contributed by atoms with E-state index < -0.39 is 22.7 Å². The zero-order valence-electron chi connectivity index (χ0n) is 15.2. The van der Waals surface area contributed by atoms with Crippen LogP contribution in [0.15, 0.2) is 12.7 Å². The molecular weight excluding hydrogens is 304 g/mol. The highest BCUT2D eigenvalue weighted by Gasteiger charge is 2.82. The molecule has 0 radical (unpaired) electrons. The molecule has 0 bridgehead atoms. The van der Waals surface area contributed by atoms with Crippen LogP contribution in [0.2, 0.25) is 0 Å². The molecule has 3 saturated carbocycles. The second kappa shape index (κ2) is 4.64. The lowest BCUT2D eigenvalue weighted by atomic mass is 9.40. The minimum atomic E-state index is -1.04. The topological polar surface area (TPSA) is 73.2 Å². The standard InChI is InChI=1S/C20H32O4/c1-5-16(2)8-9-20(23)18(4)13(10-15-19(20,11-16)24-15)17(3,12-21)7-6-14(18)22/h5,13-15,21-23H,1,6-12H2,2-4H3/t13-,14+,15-,16-,17-,18+,19-,20+/m1/s1. The summed E-state index contributed by atoms with van der Waals surface area (Å²) in [5.74, 6) is 0.0671. The van der Waals surface area contributed by atoms with E-state index in [9.17, 15) is 15.3 Å². The number of rotatable bonds is 2. The fourth-order valence-corrected chi connectivity index (χ4v) is 6.78. The molecule has 4 fully saturated rings. The van der Waals surface area contributed by atoms with Gasteiger partial charge in [0.05, 0.1) is 12.2 Å².